The van der Waals surface area contributed by atoms with Crippen LogP contribution in [0.1, 0.15) is 5.56 Å². The Morgan fingerprint density at radius 3 is 2.85 bits per heavy atom. The maximum absolute atomic E-state index is 12.0. The molecule has 0 atom stereocenters. The Kier molecular flexibility index (Phi) is 5.76. The first-order valence-electron chi connectivity index (χ1n) is 10.9. The van der Waals surface area contributed by atoms with E-state index in [4.69, 9.17) is 9.47 Å². The topological polar surface area (TPSA) is 131 Å². The molecule has 4 aromatic rings. The predicted octanol–water partition coefficient (Wildman–Crippen LogP) is 1.89. The quantitative estimate of drug-likeness (QED) is 0.312. The Morgan fingerprint density at radius 2 is 2.09 bits per heavy atom. The molecule has 1 amide bonds. The number of carbonyl (C=O) groups excluding carboxylic acids is 1. The molecule has 5 rings (SSSR count). The number of methoxy groups -OCH3 is 1. The number of ether oxygens (including phenoxy) is 2. The fraction of sp³-hybridized carbons (Fsp3) is 0.304. The van der Waals surface area contributed by atoms with Gasteiger partial charge in [-0.05, 0) is 42.8 Å². The van der Waals surface area contributed by atoms with Crippen LogP contribution in [0, 0.1) is 6.92 Å². The van der Waals surface area contributed by atoms with Gasteiger partial charge in [-0.1, -0.05) is 0 Å². The molecule has 34 heavy (non-hydrogen) atoms. The normalized spacial score (nSPS) is 13.5. The van der Waals surface area contributed by atoms with Crippen LogP contribution in [0.15, 0.2) is 36.5 Å². The van der Waals surface area contributed by atoms with Crippen molar-refractivity contribution in [1.29, 1.82) is 0 Å². The van der Waals surface area contributed by atoms with Gasteiger partial charge in [-0.25, -0.2) is 4.68 Å². The summed E-state index contributed by atoms with van der Waals surface area (Å²) in [5.74, 6) is 1.95. The minimum Gasteiger partial charge on any atom is -0.493 e. The summed E-state index contributed by atoms with van der Waals surface area (Å²) in [5.41, 5.74) is 3.73. The van der Waals surface area contributed by atoms with Crippen LogP contribution in [0.25, 0.3) is 22.3 Å². The maximum Gasteiger partial charge on any atom is 0.258 e. The van der Waals surface area contributed by atoms with Crippen molar-refractivity contribution in [2.45, 2.75) is 13.0 Å². The number of hydrogen-bond acceptors (Lipinski definition) is 8. The molecule has 0 saturated carbocycles. The Morgan fingerprint density at radius 1 is 1.24 bits per heavy atom. The van der Waals surface area contributed by atoms with Gasteiger partial charge in [0.25, 0.3) is 5.91 Å². The molecular weight excluding hydrogens is 436 g/mol. The first kappa shape index (κ1) is 21.7. The van der Waals surface area contributed by atoms with Gasteiger partial charge >= 0.3 is 0 Å². The molecule has 0 bridgehead atoms. The van der Waals surface area contributed by atoms with E-state index in [0.29, 0.717) is 23.3 Å². The molecule has 0 aliphatic carbocycles. The number of nitrogens with one attached hydrogen (secondary N) is 4. The number of fused-ring (bicyclic) bond motifs is 1. The van der Waals surface area contributed by atoms with Crippen LogP contribution in [0.3, 0.4) is 0 Å². The van der Waals surface area contributed by atoms with Crippen LogP contribution in [0.2, 0.25) is 0 Å². The number of anilines is 2. The zero-order chi connectivity index (χ0) is 23.7. The Balaban J connectivity index is 1.32. The third kappa shape index (κ3) is 4.25. The molecule has 1 fully saturated rings. The summed E-state index contributed by atoms with van der Waals surface area (Å²) in [6, 6.07) is 9.52. The van der Waals surface area contributed by atoms with Gasteiger partial charge in [-0.2, -0.15) is 10.1 Å². The van der Waals surface area contributed by atoms with E-state index in [9.17, 15) is 4.79 Å². The molecular formula is C23H26N8O3. The molecule has 0 spiro atoms. The molecule has 1 aliphatic rings. The number of aryl methyl sites for hydroxylation is 2. The number of hydrogen-bond donors (Lipinski definition) is 4. The van der Waals surface area contributed by atoms with Gasteiger partial charge in [-0.3, -0.25) is 9.89 Å². The Bertz CT molecular complexity index is 1340. The SMILES string of the molecule is COc1cc(-c2nc(Nc3ccc4[nH]ncc4c3C)n(C)n2)ccc1OCC(=O)NC1CNC1. The summed E-state index contributed by atoms with van der Waals surface area (Å²) in [5, 5.41) is 22.0. The van der Waals surface area contributed by atoms with Gasteiger partial charge in [0.15, 0.2) is 23.9 Å². The molecule has 4 N–H and O–H groups in total. The molecule has 2 aromatic carbocycles. The highest BCUT2D eigenvalue weighted by Crippen LogP contribution is 2.32. The standard InChI is InChI=1S/C23H26N8O3/c1-13-16-11-25-29-18(16)6-5-17(13)27-23-28-22(30-31(23)2)14-4-7-19(20(8-14)33-3)34-12-21(32)26-15-9-24-10-15/h4-8,11,15,24H,9-10,12H2,1-3H3,(H,25,29)(H,26,32)(H,27,28,30). The van der Waals surface area contributed by atoms with Crippen LogP contribution in [0.5, 0.6) is 11.5 Å². The number of rotatable bonds is 8. The lowest BCUT2D eigenvalue weighted by Crippen LogP contribution is -2.57. The molecule has 2 aromatic heterocycles. The van der Waals surface area contributed by atoms with Gasteiger partial charge in [0.1, 0.15) is 0 Å². The van der Waals surface area contributed by atoms with Crippen molar-refractivity contribution in [3.63, 3.8) is 0 Å². The fourth-order valence-corrected chi connectivity index (χ4v) is 3.76. The number of H-pyrrole nitrogens is 1. The second kappa shape index (κ2) is 9.02. The molecule has 1 aliphatic heterocycles. The van der Waals surface area contributed by atoms with Crippen molar-refractivity contribution >= 4 is 28.4 Å². The minimum absolute atomic E-state index is 0.0809. The predicted molar refractivity (Wildman–Crippen MR) is 127 cm³/mol. The van der Waals surface area contributed by atoms with E-state index in [1.165, 1.54) is 0 Å². The second-order valence-electron chi connectivity index (χ2n) is 8.15. The van der Waals surface area contributed by atoms with Crippen LogP contribution >= 0.6 is 0 Å². The van der Waals surface area contributed by atoms with Gasteiger partial charge < -0.3 is 25.4 Å². The Hall–Kier alpha value is -4.12. The number of carbonyl (C=O) groups is 1. The van der Waals surface area contributed by atoms with Crippen molar-refractivity contribution in [2.75, 3.05) is 32.1 Å². The van der Waals surface area contributed by atoms with E-state index in [1.807, 2.05) is 38.4 Å². The van der Waals surface area contributed by atoms with Gasteiger partial charge in [0.05, 0.1) is 24.9 Å². The van der Waals surface area contributed by atoms with E-state index in [2.05, 4.69) is 36.2 Å². The van der Waals surface area contributed by atoms with E-state index in [0.717, 1.165) is 40.8 Å². The third-order valence-corrected chi connectivity index (χ3v) is 5.83. The molecule has 3 heterocycles. The van der Waals surface area contributed by atoms with Crippen molar-refractivity contribution in [3.8, 4) is 22.9 Å². The Labute approximate surface area is 195 Å². The van der Waals surface area contributed by atoms with Crippen molar-refractivity contribution in [1.82, 2.24) is 35.6 Å². The smallest absolute Gasteiger partial charge is 0.258 e. The van der Waals surface area contributed by atoms with Gasteiger partial charge in [0.2, 0.25) is 5.95 Å². The van der Waals surface area contributed by atoms with E-state index >= 15 is 0 Å². The lowest BCUT2D eigenvalue weighted by molar-refractivity contribution is -0.124. The van der Waals surface area contributed by atoms with Crippen molar-refractivity contribution in [2.24, 2.45) is 7.05 Å². The highest BCUT2D eigenvalue weighted by atomic mass is 16.5. The average molecular weight is 463 g/mol. The van der Waals surface area contributed by atoms with Crippen LogP contribution in [-0.2, 0) is 11.8 Å². The highest BCUT2D eigenvalue weighted by Gasteiger charge is 2.19. The van der Waals surface area contributed by atoms with Gasteiger partial charge in [-0.15, -0.1) is 5.10 Å². The number of aromatic nitrogens is 5. The highest BCUT2D eigenvalue weighted by molar-refractivity contribution is 5.87. The van der Waals surface area contributed by atoms with Crippen LogP contribution < -0.4 is 25.4 Å². The summed E-state index contributed by atoms with van der Waals surface area (Å²) >= 11 is 0. The molecule has 11 nitrogen and oxygen atoms in total. The maximum atomic E-state index is 12.0. The van der Waals surface area contributed by atoms with E-state index < -0.39 is 0 Å². The molecule has 0 radical (unpaired) electrons. The summed E-state index contributed by atoms with van der Waals surface area (Å²) in [6.45, 7) is 3.53. The molecule has 11 heteroatoms. The fourth-order valence-electron chi connectivity index (χ4n) is 3.76. The number of amides is 1. The van der Waals surface area contributed by atoms with Gasteiger partial charge in [0, 0.05) is 36.8 Å². The first-order valence-corrected chi connectivity index (χ1v) is 10.9. The van der Waals surface area contributed by atoms with E-state index in [-0.39, 0.29) is 18.6 Å². The summed E-state index contributed by atoms with van der Waals surface area (Å²) < 4.78 is 12.8. The lowest BCUT2D eigenvalue weighted by atomic mass is 10.1. The second-order valence-corrected chi connectivity index (χ2v) is 8.15. The third-order valence-electron chi connectivity index (χ3n) is 5.83. The van der Waals surface area contributed by atoms with E-state index in [1.54, 1.807) is 23.9 Å². The number of aromatic amines is 1. The summed E-state index contributed by atoms with van der Waals surface area (Å²) in [7, 11) is 3.38. The average Bonchev–Trinajstić information content (AvgIpc) is 3.44. The molecule has 1 saturated heterocycles. The minimum atomic E-state index is -0.163. The van der Waals surface area contributed by atoms with Crippen molar-refractivity contribution in [3.05, 3.63) is 42.1 Å². The summed E-state index contributed by atoms with van der Waals surface area (Å²) in [4.78, 5) is 16.7. The molecule has 176 valence electrons. The largest absolute Gasteiger partial charge is 0.493 e. The van der Waals surface area contributed by atoms with Crippen LogP contribution in [-0.4, -0.2) is 63.7 Å². The first-order chi connectivity index (χ1) is 16.5. The number of nitrogens with zero attached hydrogens (tertiary/aromatic N) is 4. The zero-order valence-electron chi connectivity index (χ0n) is 19.2. The molecule has 0 unspecified atom stereocenters. The number of benzene rings is 2. The lowest BCUT2D eigenvalue weighted by Gasteiger charge is -2.27. The van der Waals surface area contributed by atoms with Crippen LogP contribution in [0.4, 0.5) is 11.6 Å². The monoisotopic (exact) mass is 462 g/mol. The zero-order valence-corrected chi connectivity index (χ0v) is 19.2. The summed E-state index contributed by atoms with van der Waals surface area (Å²) in [6.07, 6.45) is 1.81. The van der Waals surface area contributed by atoms with Crippen molar-refractivity contribution < 1.29 is 14.3 Å².